The van der Waals surface area contributed by atoms with Gasteiger partial charge in [-0.05, 0) is 55.1 Å². The van der Waals surface area contributed by atoms with E-state index in [0.29, 0.717) is 6.54 Å². The molecule has 2 amide bonds. The molecule has 0 radical (unpaired) electrons. The van der Waals surface area contributed by atoms with Gasteiger partial charge >= 0.3 is 6.03 Å². The van der Waals surface area contributed by atoms with Crippen molar-refractivity contribution in [2.45, 2.75) is 20.4 Å². The molecular weight excluding hydrogens is 364 g/mol. The number of anilines is 3. The predicted molar refractivity (Wildman–Crippen MR) is 120 cm³/mol. The summed E-state index contributed by atoms with van der Waals surface area (Å²) in [4.78, 5) is 25.3. The molecule has 0 bridgehead atoms. The summed E-state index contributed by atoms with van der Waals surface area (Å²) in [6, 6.07) is 11.5. The second-order valence-electron chi connectivity index (χ2n) is 6.97. The minimum absolute atomic E-state index is 0.251. The summed E-state index contributed by atoms with van der Waals surface area (Å²) in [5, 5.41) is 7.84. The molecule has 29 heavy (non-hydrogen) atoms. The monoisotopic (exact) mass is 392 g/mol. The zero-order chi connectivity index (χ0) is 20.8. The van der Waals surface area contributed by atoms with Crippen molar-refractivity contribution in [1.29, 1.82) is 0 Å². The van der Waals surface area contributed by atoms with Gasteiger partial charge < -0.3 is 20.4 Å². The molecule has 0 fully saturated rings. The van der Waals surface area contributed by atoms with Crippen molar-refractivity contribution in [2.24, 2.45) is 0 Å². The molecule has 3 aromatic rings. The molecule has 7 nitrogen and oxygen atoms in total. The number of hydrogen-bond acceptors (Lipinski definition) is 5. The van der Waals surface area contributed by atoms with Crippen LogP contribution in [-0.4, -0.2) is 43.2 Å². The lowest BCUT2D eigenvalue weighted by molar-refractivity contribution is 0.251. The largest absolute Gasteiger partial charge is 0.362 e. The number of benzene rings is 1. The third-order valence-corrected chi connectivity index (χ3v) is 4.77. The lowest BCUT2D eigenvalue weighted by atomic mass is 10.1. The van der Waals surface area contributed by atoms with Crippen molar-refractivity contribution < 1.29 is 4.79 Å². The molecule has 0 aliphatic carbocycles. The molecule has 0 unspecified atom stereocenters. The number of nitrogens with one attached hydrogen (secondary N) is 2. The average Bonchev–Trinajstić information content (AvgIpc) is 2.73. The summed E-state index contributed by atoms with van der Waals surface area (Å²) < 4.78 is 0. The van der Waals surface area contributed by atoms with E-state index in [2.05, 4.69) is 39.3 Å². The normalized spacial score (nSPS) is 10.6. The van der Waals surface area contributed by atoms with E-state index in [0.717, 1.165) is 46.7 Å². The molecule has 0 aliphatic heterocycles. The molecule has 0 aliphatic rings. The van der Waals surface area contributed by atoms with Crippen LogP contribution in [-0.2, 0) is 6.54 Å². The predicted octanol–water partition coefficient (Wildman–Crippen LogP) is 3.86. The second kappa shape index (κ2) is 9.23. The zero-order valence-corrected chi connectivity index (χ0v) is 17.4. The Hall–Kier alpha value is -3.35. The first-order valence-electron chi connectivity index (χ1n) is 9.82. The zero-order valence-electron chi connectivity index (χ0n) is 17.4. The van der Waals surface area contributed by atoms with Crippen LogP contribution >= 0.6 is 0 Å². The van der Waals surface area contributed by atoms with Crippen molar-refractivity contribution in [3.63, 3.8) is 0 Å². The maximum absolute atomic E-state index is 12.3. The summed E-state index contributed by atoms with van der Waals surface area (Å²) in [5.41, 5.74) is 1.69. The Morgan fingerprint density at radius 1 is 1.03 bits per heavy atom. The van der Waals surface area contributed by atoms with Gasteiger partial charge in [0.1, 0.15) is 11.6 Å². The number of carbonyl (C=O) groups excluding carboxylic acids is 1. The van der Waals surface area contributed by atoms with Crippen molar-refractivity contribution >= 4 is 34.1 Å². The summed E-state index contributed by atoms with van der Waals surface area (Å²) in [6.07, 6.45) is 3.58. The van der Waals surface area contributed by atoms with E-state index >= 15 is 0 Å². The number of hydrogen-bond donors (Lipinski definition) is 2. The molecular formula is C22H28N6O. The highest BCUT2D eigenvalue weighted by Crippen LogP contribution is 2.25. The van der Waals surface area contributed by atoms with Crippen LogP contribution in [0.5, 0.6) is 0 Å². The van der Waals surface area contributed by atoms with Gasteiger partial charge in [-0.2, -0.15) is 0 Å². The van der Waals surface area contributed by atoms with Gasteiger partial charge in [-0.15, -0.1) is 0 Å². The van der Waals surface area contributed by atoms with Gasteiger partial charge in [-0.3, -0.25) is 0 Å². The first-order valence-corrected chi connectivity index (χ1v) is 9.82. The minimum atomic E-state index is -0.251. The first kappa shape index (κ1) is 20.4. The number of carbonyl (C=O) groups is 1. The van der Waals surface area contributed by atoms with Crippen LogP contribution in [0, 0.1) is 0 Å². The first-order chi connectivity index (χ1) is 14.0. The van der Waals surface area contributed by atoms with Crippen molar-refractivity contribution in [2.75, 3.05) is 42.3 Å². The van der Waals surface area contributed by atoms with E-state index in [4.69, 9.17) is 0 Å². The fourth-order valence-electron chi connectivity index (χ4n) is 3.21. The molecule has 7 heteroatoms. The molecule has 0 saturated heterocycles. The summed E-state index contributed by atoms with van der Waals surface area (Å²) in [6.45, 7) is 6.47. The van der Waals surface area contributed by atoms with E-state index in [1.807, 2.05) is 55.4 Å². The van der Waals surface area contributed by atoms with Gasteiger partial charge in [0.2, 0.25) is 0 Å². The number of amides is 2. The SMILES string of the molecule is CCN(CC)c1ccc(CNC(=O)Nc2ccc3c(N(C)C)nccc3c2)cn1. The number of aromatic nitrogens is 2. The van der Waals surface area contributed by atoms with E-state index in [1.54, 1.807) is 12.4 Å². The highest BCUT2D eigenvalue weighted by molar-refractivity contribution is 5.97. The lowest BCUT2D eigenvalue weighted by Crippen LogP contribution is -2.28. The van der Waals surface area contributed by atoms with Crippen LogP contribution in [0.2, 0.25) is 0 Å². The number of urea groups is 1. The molecule has 0 saturated carbocycles. The van der Waals surface area contributed by atoms with Crippen LogP contribution < -0.4 is 20.4 Å². The number of fused-ring (bicyclic) bond motifs is 1. The van der Waals surface area contributed by atoms with Crippen molar-refractivity contribution in [3.05, 3.63) is 54.4 Å². The molecule has 2 N–H and O–H groups in total. The molecule has 152 valence electrons. The Labute approximate surface area is 171 Å². The summed E-state index contributed by atoms with van der Waals surface area (Å²) >= 11 is 0. The minimum Gasteiger partial charge on any atom is -0.362 e. The Morgan fingerprint density at radius 3 is 2.48 bits per heavy atom. The quantitative estimate of drug-likeness (QED) is 0.639. The number of nitrogens with zero attached hydrogens (tertiary/aromatic N) is 4. The van der Waals surface area contributed by atoms with Gasteiger partial charge in [-0.1, -0.05) is 6.07 Å². The Bertz CT molecular complexity index is 967. The number of pyridine rings is 2. The van der Waals surface area contributed by atoms with Crippen LogP contribution in [0.3, 0.4) is 0 Å². The third kappa shape index (κ3) is 4.93. The van der Waals surface area contributed by atoms with Crippen molar-refractivity contribution in [1.82, 2.24) is 15.3 Å². The molecule has 2 aromatic heterocycles. The highest BCUT2D eigenvalue weighted by atomic mass is 16.2. The highest BCUT2D eigenvalue weighted by Gasteiger charge is 2.08. The Morgan fingerprint density at radius 2 is 1.83 bits per heavy atom. The topological polar surface area (TPSA) is 73.4 Å². The third-order valence-electron chi connectivity index (χ3n) is 4.77. The van der Waals surface area contributed by atoms with Crippen molar-refractivity contribution in [3.8, 4) is 0 Å². The van der Waals surface area contributed by atoms with Gasteiger partial charge in [0.05, 0.1) is 0 Å². The van der Waals surface area contributed by atoms with Crippen LogP contribution in [0.25, 0.3) is 10.8 Å². The molecule has 3 rings (SSSR count). The molecule has 0 spiro atoms. The van der Waals surface area contributed by atoms with Crippen LogP contribution in [0.4, 0.5) is 22.1 Å². The molecule has 1 aromatic carbocycles. The maximum Gasteiger partial charge on any atom is 0.319 e. The van der Waals surface area contributed by atoms with E-state index < -0.39 is 0 Å². The molecule has 0 atom stereocenters. The standard InChI is InChI=1S/C22H28N6O/c1-5-28(6-2)20-10-7-16(14-24-20)15-25-22(29)26-18-8-9-19-17(13-18)11-12-23-21(19)27(3)4/h7-14H,5-6,15H2,1-4H3,(H2,25,26,29). The van der Waals surface area contributed by atoms with Gasteiger partial charge in [0, 0.05) is 57.2 Å². The van der Waals surface area contributed by atoms with E-state index in [9.17, 15) is 4.79 Å². The van der Waals surface area contributed by atoms with E-state index in [-0.39, 0.29) is 6.03 Å². The summed E-state index contributed by atoms with van der Waals surface area (Å²) in [7, 11) is 3.93. The van der Waals surface area contributed by atoms with Crippen LogP contribution in [0.1, 0.15) is 19.4 Å². The Balaban J connectivity index is 1.61. The maximum atomic E-state index is 12.3. The summed E-state index contributed by atoms with van der Waals surface area (Å²) in [5.74, 6) is 1.85. The molecule has 2 heterocycles. The van der Waals surface area contributed by atoms with Gasteiger partial charge in [0.25, 0.3) is 0 Å². The average molecular weight is 393 g/mol. The van der Waals surface area contributed by atoms with Gasteiger partial charge in [0.15, 0.2) is 0 Å². The smallest absolute Gasteiger partial charge is 0.319 e. The second-order valence-corrected chi connectivity index (χ2v) is 6.97. The van der Waals surface area contributed by atoms with Gasteiger partial charge in [-0.25, -0.2) is 14.8 Å². The lowest BCUT2D eigenvalue weighted by Gasteiger charge is -2.19. The fraction of sp³-hybridized carbons (Fsp3) is 0.318. The fourth-order valence-corrected chi connectivity index (χ4v) is 3.21. The van der Waals surface area contributed by atoms with Crippen LogP contribution in [0.15, 0.2) is 48.8 Å². The Kier molecular flexibility index (Phi) is 6.49. The van der Waals surface area contributed by atoms with E-state index in [1.165, 1.54) is 0 Å². The number of rotatable bonds is 7.